The van der Waals surface area contributed by atoms with Crippen molar-refractivity contribution in [2.24, 2.45) is 0 Å². The van der Waals surface area contributed by atoms with E-state index in [-0.39, 0.29) is 12.5 Å². The summed E-state index contributed by atoms with van der Waals surface area (Å²) in [6.45, 7) is 4.57. The van der Waals surface area contributed by atoms with E-state index in [1.54, 1.807) is 24.3 Å². The molecule has 0 bridgehead atoms. The SMILES string of the molecule is CCn1c(SCC(O)COc2ccc(NC(C)=O)cc2)nc2ccccc21. The molecule has 0 aliphatic rings. The fraction of sp³-hybridized carbons (Fsp3) is 0.300. The van der Waals surface area contributed by atoms with Crippen LogP contribution in [0.1, 0.15) is 13.8 Å². The number of fused-ring (bicyclic) bond motifs is 1. The summed E-state index contributed by atoms with van der Waals surface area (Å²) in [5.41, 5.74) is 2.78. The minimum atomic E-state index is -0.616. The van der Waals surface area contributed by atoms with Gasteiger partial charge in [-0.25, -0.2) is 4.98 Å². The summed E-state index contributed by atoms with van der Waals surface area (Å²) >= 11 is 1.52. The molecule has 7 heteroatoms. The van der Waals surface area contributed by atoms with Crippen LogP contribution in [-0.4, -0.2) is 39.0 Å². The summed E-state index contributed by atoms with van der Waals surface area (Å²) in [5.74, 6) is 1.02. The van der Waals surface area contributed by atoms with Crippen LogP contribution in [0.15, 0.2) is 53.7 Å². The standard InChI is InChI=1S/C20H23N3O3S/c1-3-23-19-7-5-4-6-18(19)22-20(23)27-13-16(25)12-26-17-10-8-15(9-11-17)21-14(2)24/h4-11,16,25H,3,12-13H2,1-2H3,(H,21,24). The van der Waals surface area contributed by atoms with E-state index in [0.29, 0.717) is 17.2 Å². The first-order valence-corrected chi connectivity index (χ1v) is 9.82. The Bertz CT molecular complexity index is 908. The highest BCUT2D eigenvalue weighted by Gasteiger charge is 2.13. The van der Waals surface area contributed by atoms with E-state index in [1.807, 2.05) is 18.2 Å². The van der Waals surface area contributed by atoms with Crippen LogP contribution in [0.4, 0.5) is 5.69 Å². The van der Waals surface area contributed by atoms with E-state index in [2.05, 4.69) is 27.9 Å². The fourth-order valence-electron chi connectivity index (χ4n) is 2.72. The van der Waals surface area contributed by atoms with Crippen molar-refractivity contribution >= 4 is 34.4 Å². The van der Waals surface area contributed by atoms with Gasteiger partial charge in [-0.3, -0.25) is 4.79 Å². The molecule has 1 atom stereocenters. The average molecular weight is 385 g/mol. The van der Waals surface area contributed by atoms with Gasteiger partial charge in [0.2, 0.25) is 5.91 Å². The van der Waals surface area contributed by atoms with E-state index in [9.17, 15) is 9.90 Å². The highest BCUT2D eigenvalue weighted by atomic mass is 32.2. The zero-order chi connectivity index (χ0) is 19.2. The average Bonchev–Trinajstić information content (AvgIpc) is 3.03. The van der Waals surface area contributed by atoms with Gasteiger partial charge in [0.15, 0.2) is 5.16 Å². The predicted molar refractivity (Wildman–Crippen MR) is 108 cm³/mol. The van der Waals surface area contributed by atoms with E-state index >= 15 is 0 Å². The maximum absolute atomic E-state index is 11.0. The van der Waals surface area contributed by atoms with E-state index in [1.165, 1.54) is 18.7 Å². The summed E-state index contributed by atoms with van der Waals surface area (Å²) in [6, 6.07) is 15.1. The molecule has 6 nitrogen and oxygen atoms in total. The Labute approximate surface area is 162 Å². The Morgan fingerprint density at radius 3 is 2.70 bits per heavy atom. The number of amides is 1. The van der Waals surface area contributed by atoms with Crippen molar-refractivity contribution in [3.05, 3.63) is 48.5 Å². The summed E-state index contributed by atoms with van der Waals surface area (Å²) in [6.07, 6.45) is -0.616. The predicted octanol–water partition coefficient (Wildman–Crippen LogP) is 3.55. The molecule has 3 rings (SSSR count). The topological polar surface area (TPSA) is 76.4 Å². The third kappa shape index (κ3) is 5.02. The summed E-state index contributed by atoms with van der Waals surface area (Å²) in [7, 11) is 0. The van der Waals surface area contributed by atoms with Crippen LogP contribution in [0.3, 0.4) is 0 Å². The highest BCUT2D eigenvalue weighted by Crippen LogP contribution is 2.24. The number of imidazole rings is 1. The van der Waals surface area contributed by atoms with Crippen LogP contribution in [0.5, 0.6) is 5.75 Å². The molecule has 3 aromatic rings. The Hall–Kier alpha value is -2.51. The largest absolute Gasteiger partial charge is 0.491 e. The summed E-state index contributed by atoms with van der Waals surface area (Å²) in [5, 5.41) is 13.8. The molecule has 0 saturated heterocycles. The summed E-state index contributed by atoms with van der Waals surface area (Å²) < 4.78 is 7.78. The molecule has 1 aromatic heterocycles. The molecule has 0 aliphatic carbocycles. The molecule has 0 aliphatic heterocycles. The maximum Gasteiger partial charge on any atom is 0.221 e. The van der Waals surface area contributed by atoms with Gasteiger partial charge in [0.25, 0.3) is 0 Å². The van der Waals surface area contributed by atoms with Crippen LogP contribution >= 0.6 is 11.8 Å². The quantitative estimate of drug-likeness (QED) is 0.580. The lowest BCUT2D eigenvalue weighted by atomic mass is 10.3. The van der Waals surface area contributed by atoms with Gasteiger partial charge in [0.05, 0.1) is 17.1 Å². The first kappa shape index (κ1) is 19.3. The zero-order valence-electron chi connectivity index (χ0n) is 15.4. The molecule has 1 unspecified atom stereocenters. The number of nitrogens with zero attached hydrogens (tertiary/aromatic N) is 2. The molecular weight excluding hydrogens is 362 g/mol. The van der Waals surface area contributed by atoms with Crippen LogP contribution in [0.25, 0.3) is 11.0 Å². The highest BCUT2D eigenvalue weighted by molar-refractivity contribution is 7.99. The molecule has 0 spiro atoms. The number of aliphatic hydroxyl groups is 1. The number of rotatable bonds is 8. The van der Waals surface area contributed by atoms with Crippen molar-refractivity contribution in [2.75, 3.05) is 17.7 Å². The van der Waals surface area contributed by atoms with Crippen molar-refractivity contribution in [3.63, 3.8) is 0 Å². The van der Waals surface area contributed by atoms with Crippen LogP contribution in [-0.2, 0) is 11.3 Å². The molecule has 142 valence electrons. The van der Waals surface area contributed by atoms with Crippen molar-refractivity contribution in [2.45, 2.75) is 31.7 Å². The minimum Gasteiger partial charge on any atom is -0.491 e. The van der Waals surface area contributed by atoms with Gasteiger partial charge in [-0.15, -0.1) is 0 Å². The van der Waals surface area contributed by atoms with E-state index in [0.717, 1.165) is 22.7 Å². The molecule has 0 radical (unpaired) electrons. The molecule has 2 aromatic carbocycles. The second kappa shape index (κ2) is 8.92. The number of hydrogen-bond donors (Lipinski definition) is 2. The van der Waals surface area contributed by atoms with Gasteiger partial charge < -0.3 is 19.7 Å². The number of anilines is 1. The number of carbonyl (C=O) groups is 1. The van der Waals surface area contributed by atoms with Crippen molar-refractivity contribution in [1.29, 1.82) is 0 Å². The van der Waals surface area contributed by atoms with Gasteiger partial charge >= 0.3 is 0 Å². The third-order valence-electron chi connectivity index (χ3n) is 3.96. The number of hydrogen-bond acceptors (Lipinski definition) is 5. The Balaban J connectivity index is 1.53. The smallest absolute Gasteiger partial charge is 0.221 e. The van der Waals surface area contributed by atoms with E-state index < -0.39 is 6.10 Å². The van der Waals surface area contributed by atoms with Crippen molar-refractivity contribution in [3.8, 4) is 5.75 Å². The summed E-state index contributed by atoms with van der Waals surface area (Å²) in [4.78, 5) is 15.7. The lowest BCUT2D eigenvalue weighted by Crippen LogP contribution is -2.20. The molecule has 0 saturated carbocycles. The lowest BCUT2D eigenvalue weighted by molar-refractivity contribution is -0.114. The maximum atomic E-state index is 11.0. The number of aromatic nitrogens is 2. The normalized spacial score (nSPS) is 12.1. The van der Waals surface area contributed by atoms with Crippen LogP contribution < -0.4 is 10.1 Å². The van der Waals surface area contributed by atoms with Crippen LogP contribution in [0, 0.1) is 0 Å². The van der Waals surface area contributed by atoms with Crippen molar-refractivity contribution in [1.82, 2.24) is 9.55 Å². The fourth-order valence-corrected chi connectivity index (χ4v) is 3.70. The monoisotopic (exact) mass is 385 g/mol. The van der Waals surface area contributed by atoms with Gasteiger partial charge in [-0.05, 0) is 43.3 Å². The number of para-hydroxylation sites is 2. The van der Waals surface area contributed by atoms with Crippen LogP contribution in [0.2, 0.25) is 0 Å². The Morgan fingerprint density at radius 2 is 2.00 bits per heavy atom. The molecule has 1 amide bonds. The first-order valence-electron chi connectivity index (χ1n) is 8.83. The Kier molecular flexibility index (Phi) is 6.36. The van der Waals surface area contributed by atoms with Gasteiger partial charge in [0, 0.05) is 24.9 Å². The molecular formula is C20H23N3O3S. The van der Waals surface area contributed by atoms with Gasteiger partial charge in [0.1, 0.15) is 12.4 Å². The number of aryl methyl sites for hydroxylation is 1. The van der Waals surface area contributed by atoms with Crippen molar-refractivity contribution < 1.29 is 14.6 Å². The second-order valence-electron chi connectivity index (χ2n) is 6.11. The number of thioether (sulfide) groups is 1. The molecule has 1 heterocycles. The molecule has 0 fully saturated rings. The number of carbonyl (C=O) groups excluding carboxylic acids is 1. The van der Waals surface area contributed by atoms with Gasteiger partial charge in [-0.2, -0.15) is 0 Å². The molecule has 27 heavy (non-hydrogen) atoms. The minimum absolute atomic E-state index is 0.116. The third-order valence-corrected chi connectivity index (χ3v) is 5.08. The molecule has 2 N–H and O–H groups in total. The zero-order valence-corrected chi connectivity index (χ0v) is 16.2. The number of ether oxygens (including phenoxy) is 1. The van der Waals surface area contributed by atoms with E-state index in [4.69, 9.17) is 4.74 Å². The lowest BCUT2D eigenvalue weighted by Gasteiger charge is -2.13. The number of aliphatic hydroxyl groups excluding tert-OH is 1. The number of benzene rings is 2. The van der Waals surface area contributed by atoms with Gasteiger partial charge in [-0.1, -0.05) is 23.9 Å². The second-order valence-corrected chi connectivity index (χ2v) is 7.10. The Morgan fingerprint density at radius 1 is 1.26 bits per heavy atom. The first-order chi connectivity index (χ1) is 13.1. The number of nitrogens with one attached hydrogen (secondary N) is 1.